The van der Waals surface area contributed by atoms with Gasteiger partial charge in [-0.15, -0.1) is 0 Å². The number of hydrogen-bond acceptors (Lipinski definition) is 3. The fourth-order valence-corrected chi connectivity index (χ4v) is 1.48. The molecule has 0 radical (unpaired) electrons. The molecular formula is C12H17N3. The molecule has 0 saturated carbocycles. The van der Waals surface area contributed by atoms with E-state index in [2.05, 4.69) is 17.9 Å². The first-order valence-electron chi connectivity index (χ1n) is 5.20. The van der Waals surface area contributed by atoms with Crippen LogP contribution < -0.4 is 5.73 Å². The van der Waals surface area contributed by atoms with E-state index < -0.39 is 0 Å². The van der Waals surface area contributed by atoms with Gasteiger partial charge in [-0.2, -0.15) is 5.26 Å². The first-order chi connectivity index (χ1) is 7.27. The molecule has 0 aliphatic rings. The van der Waals surface area contributed by atoms with Crippen molar-refractivity contribution < 1.29 is 0 Å². The average Bonchev–Trinajstić information content (AvgIpc) is 2.26. The minimum Gasteiger partial charge on any atom is -0.398 e. The van der Waals surface area contributed by atoms with E-state index >= 15 is 0 Å². The zero-order valence-electron chi connectivity index (χ0n) is 9.11. The highest BCUT2D eigenvalue weighted by Gasteiger charge is 2.04. The molecule has 0 atom stereocenters. The van der Waals surface area contributed by atoms with Gasteiger partial charge in [0.05, 0.1) is 6.07 Å². The summed E-state index contributed by atoms with van der Waals surface area (Å²) in [6.45, 7) is 4.67. The quantitative estimate of drug-likeness (QED) is 0.745. The molecule has 0 aromatic heterocycles. The summed E-state index contributed by atoms with van der Waals surface area (Å²) in [7, 11) is 0. The van der Waals surface area contributed by atoms with Gasteiger partial charge in [0.15, 0.2) is 0 Å². The Morgan fingerprint density at radius 2 is 2.13 bits per heavy atom. The Labute approximate surface area is 91.1 Å². The smallest absolute Gasteiger partial charge is 0.0635 e. The summed E-state index contributed by atoms with van der Waals surface area (Å²) in [4.78, 5) is 2.22. The van der Waals surface area contributed by atoms with E-state index in [4.69, 9.17) is 11.0 Å². The van der Waals surface area contributed by atoms with Crippen LogP contribution in [0.3, 0.4) is 0 Å². The van der Waals surface area contributed by atoms with Gasteiger partial charge >= 0.3 is 0 Å². The molecule has 0 unspecified atom stereocenters. The fraction of sp³-hybridized carbons (Fsp3) is 0.417. The lowest BCUT2D eigenvalue weighted by atomic mass is 10.1. The van der Waals surface area contributed by atoms with Crippen LogP contribution in [0.2, 0.25) is 0 Å². The van der Waals surface area contributed by atoms with Crippen molar-refractivity contribution in [2.75, 3.05) is 18.8 Å². The van der Waals surface area contributed by atoms with Crippen LogP contribution in [-0.4, -0.2) is 18.0 Å². The van der Waals surface area contributed by atoms with Gasteiger partial charge in [-0.3, -0.25) is 4.90 Å². The molecule has 1 rings (SSSR count). The first-order valence-corrected chi connectivity index (χ1v) is 5.20. The number of para-hydroxylation sites is 1. The van der Waals surface area contributed by atoms with Gasteiger partial charge in [-0.05, 0) is 18.2 Å². The van der Waals surface area contributed by atoms with Gasteiger partial charge in [0.25, 0.3) is 0 Å². The Morgan fingerprint density at radius 3 is 2.73 bits per heavy atom. The number of nitrogen functional groups attached to an aromatic ring is 1. The maximum absolute atomic E-state index is 8.53. The van der Waals surface area contributed by atoms with Crippen LogP contribution in [0.5, 0.6) is 0 Å². The molecular weight excluding hydrogens is 186 g/mol. The molecule has 15 heavy (non-hydrogen) atoms. The largest absolute Gasteiger partial charge is 0.398 e. The molecule has 0 heterocycles. The average molecular weight is 203 g/mol. The highest BCUT2D eigenvalue weighted by atomic mass is 15.1. The van der Waals surface area contributed by atoms with Crippen molar-refractivity contribution in [2.45, 2.75) is 19.9 Å². The molecule has 2 N–H and O–H groups in total. The van der Waals surface area contributed by atoms with Crippen molar-refractivity contribution in [3.05, 3.63) is 29.8 Å². The maximum Gasteiger partial charge on any atom is 0.0635 e. The van der Waals surface area contributed by atoms with Crippen LogP contribution >= 0.6 is 0 Å². The molecule has 0 bridgehead atoms. The second-order valence-corrected chi connectivity index (χ2v) is 3.48. The number of anilines is 1. The van der Waals surface area contributed by atoms with Crippen molar-refractivity contribution in [1.29, 1.82) is 5.26 Å². The van der Waals surface area contributed by atoms with E-state index in [1.807, 2.05) is 24.3 Å². The van der Waals surface area contributed by atoms with Gasteiger partial charge in [-0.25, -0.2) is 0 Å². The van der Waals surface area contributed by atoms with E-state index in [9.17, 15) is 0 Å². The first kappa shape index (κ1) is 11.5. The third-order valence-corrected chi connectivity index (χ3v) is 2.44. The molecule has 1 aromatic carbocycles. The van der Waals surface area contributed by atoms with Crippen molar-refractivity contribution in [3.63, 3.8) is 0 Å². The van der Waals surface area contributed by atoms with Crippen LogP contribution in [0.15, 0.2) is 24.3 Å². The zero-order chi connectivity index (χ0) is 11.1. The van der Waals surface area contributed by atoms with E-state index in [0.29, 0.717) is 6.42 Å². The maximum atomic E-state index is 8.53. The Balaban J connectivity index is 2.59. The molecule has 0 saturated heterocycles. The van der Waals surface area contributed by atoms with E-state index in [1.165, 1.54) is 0 Å². The monoisotopic (exact) mass is 203 g/mol. The summed E-state index contributed by atoms with van der Waals surface area (Å²) in [5, 5.41) is 8.53. The SMILES string of the molecule is CCN(CCC#N)Cc1ccccc1N. The van der Waals surface area contributed by atoms with Crippen molar-refractivity contribution in [2.24, 2.45) is 0 Å². The fourth-order valence-electron chi connectivity index (χ4n) is 1.48. The van der Waals surface area contributed by atoms with E-state index in [0.717, 1.165) is 30.9 Å². The Kier molecular flexibility index (Phi) is 4.65. The third-order valence-electron chi connectivity index (χ3n) is 2.44. The summed E-state index contributed by atoms with van der Waals surface area (Å²) in [6, 6.07) is 10.0. The number of nitrogens with two attached hydrogens (primary N) is 1. The third kappa shape index (κ3) is 3.61. The molecule has 0 amide bonds. The molecule has 0 aliphatic carbocycles. The standard InChI is InChI=1S/C12H17N3/c1-2-15(9-5-8-13)10-11-6-3-4-7-12(11)14/h3-4,6-7H,2,5,9-10,14H2,1H3. The van der Waals surface area contributed by atoms with Crippen LogP contribution in [0.1, 0.15) is 18.9 Å². The predicted molar refractivity (Wildman–Crippen MR) is 62.0 cm³/mol. The number of benzene rings is 1. The lowest BCUT2D eigenvalue weighted by molar-refractivity contribution is 0.287. The number of nitrogens with zero attached hydrogens (tertiary/aromatic N) is 2. The molecule has 0 spiro atoms. The molecule has 3 nitrogen and oxygen atoms in total. The van der Waals surface area contributed by atoms with E-state index in [-0.39, 0.29) is 0 Å². The topological polar surface area (TPSA) is 53.0 Å². The summed E-state index contributed by atoms with van der Waals surface area (Å²) in [6.07, 6.45) is 0.570. The molecule has 0 fully saturated rings. The van der Waals surface area contributed by atoms with Crippen LogP contribution in [0, 0.1) is 11.3 Å². The minimum atomic E-state index is 0.570. The van der Waals surface area contributed by atoms with Gasteiger partial charge in [0, 0.05) is 25.2 Å². The van der Waals surface area contributed by atoms with Crippen molar-refractivity contribution >= 4 is 5.69 Å². The number of nitriles is 1. The lowest BCUT2D eigenvalue weighted by Gasteiger charge is -2.19. The molecule has 0 aliphatic heterocycles. The van der Waals surface area contributed by atoms with Crippen LogP contribution in [0.25, 0.3) is 0 Å². The van der Waals surface area contributed by atoms with Gasteiger partial charge in [0.2, 0.25) is 0 Å². The molecule has 3 heteroatoms. The second kappa shape index (κ2) is 6.05. The summed E-state index contributed by atoms with van der Waals surface area (Å²) >= 11 is 0. The highest BCUT2D eigenvalue weighted by Crippen LogP contribution is 2.13. The van der Waals surface area contributed by atoms with Gasteiger partial charge in [-0.1, -0.05) is 25.1 Å². The zero-order valence-corrected chi connectivity index (χ0v) is 9.11. The molecule has 80 valence electrons. The van der Waals surface area contributed by atoms with Crippen LogP contribution in [-0.2, 0) is 6.54 Å². The van der Waals surface area contributed by atoms with Crippen molar-refractivity contribution in [3.8, 4) is 6.07 Å². The van der Waals surface area contributed by atoms with Crippen molar-refractivity contribution in [1.82, 2.24) is 4.90 Å². The summed E-state index contributed by atoms with van der Waals surface area (Å²) in [5.41, 5.74) is 7.82. The van der Waals surface area contributed by atoms with Crippen LogP contribution in [0.4, 0.5) is 5.69 Å². The number of hydrogen-bond donors (Lipinski definition) is 1. The Hall–Kier alpha value is -1.53. The van der Waals surface area contributed by atoms with E-state index in [1.54, 1.807) is 0 Å². The number of rotatable bonds is 5. The predicted octanol–water partition coefficient (Wildman–Crippen LogP) is 2.00. The minimum absolute atomic E-state index is 0.570. The normalized spacial score (nSPS) is 10.2. The second-order valence-electron chi connectivity index (χ2n) is 3.48. The van der Waals surface area contributed by atoms with Gasteiger partial charge in [0.1, 0.15) is 0 Å². The summed E-state index contributed by atoms with van der Waals surface area (Å²) < 4.78 is 0. The lowest BCUT2D eigenvalue weighted by Crippen LogP contribution is -2.24. The Morgan fingerprint density at radius 1 is 1.40 bits per heavy atom. The Bertz CT molecular complexity index is 341. The van der Waals surface area contributed by atoms with Gasteiger partial charge < -0.3 is 5.73 Å². The summed E-state index contributed by atoms with van der Waals surface area (Å²) in [5.74, 6) is 0. The highest BCUT2D eigenvalue weighted by molar-refractivity contribution is 5.46. The molecule has 1 aromatic rings.